The first-order valence-corrected chi connectivity index (χ1v) is 11.0. The number of pyridine rings is 1. The maximum absolute atomic E-state index is 13.0. The number of fused-ring (bicyclic) bond motifs is 1. The molecule has 1 aliphatic heterocycles. The topological polar surface area (TPSA) is 41.9 Å². The number of hydrogen-bond donors (Lipinski definition) is 0. The summed E-state index contributed by atoms with van der Waals surface area (Å²) < 4.78 is 39.1. The van der Waals surface area contributed by atoms with Gasteiger partial charge in [-0.2, -0.15) is 13.2 Å². The van der Waals surface area contributed by atoms with Crippen LogP contribution in [0.25, 0.3) is 21.8 Å². The van der Waals surface area contributed by atoms with E-state index in [1.54, 1.807) is 18.5 Å². The van der Waals surface area contributed by atoms with Crippen molar-refractivity contribution in [2.45, 2.75) is 25.7 Å². The molecule has 0 fully saturated rings. The van der Waals surface area contributed by atoms with E-state index in [1.807, 2.05) is 30.5 Å². The minimum absolute atomic E-state index is 0.595. The Morgan fingerprint density at radius 3 is 2.66 bits per heavy atom. The molecule has 0 aliphatic carbocycles. The Balaban J connectivity index is 1.29. The van der Waals surface area contributed by atoms with Crippen LogP contribution in [-0.4, -0.2) is 26.4 Å². The zero-order valence-electron chi connectivity index (χ0n) is 17.0. The normalized spacial score (nSPS) is 14.3. The molecular formula is C24H19F3N4S. The molecule has 0 saturated carbocycles. The van der Waals surface area contributed by atoms with Gasteiger partial charge in [-0.05, 0) is 42.0 Å². The smallest absolute Gasteiger partial charge is 0.293 e. The van der Waals surface area contributed by atoms with E-state index in [4.69, 9.17) is 4.98 Å². The Morgan fingerprint density at radius 1 is 1.00 bits per heavy atom. The average molecular weight is 453 g/mol. The molecule has 8 heteroatoms. The van der Waals surface area contributed by atoms with Crippen LogP contribution in [0.5, 0.6) is 0 Å². The Morgan fingerprint density at radius 2 is 1.84 bits per heavy atom. The fraction of sp³-hybridized carbons (Fsp3) is 0.208. The maximum Gasteiger partial charge on any atom is 0.416 e. The third-order valence-electron chi connectivity index (χ3n) is 5.47. The molecule has 0 radical (unpaired) electrons. The van der Waals surface area contributed by atoms with Gasteiger partial charge in [0, 0.05) is 65.5 Å². The minimum Gasteiger partial charge on any atom is -0.293 e. The van der Waals surface area contributed by atoms with E-state index in [0.717, 1.165) is 58.7 Å². The van der Waals surface area contributed by atoms with Crippen LogP contribution < -0.4 is 0 Å². The molecule has 0 atom stereocenters. The first kappa shape index (κ1) is 20.8. The van der Waals surface area contributed by atoms with Crippen LogP contribution in [0.2, 0.25) is 0 Å². The molecule has 4 nitrogen and oxygen atoms in total. The van der Waals surface area contributed by atoms with Crippen LogP contribution in [0.1, 0.15) is 21.7 Å². The van der Waals surface area contributed by atoms with Crippen LogP contribution in [0.3, 0.4) is 0 Å². The van der Waals surface area contributed by atoms with Crippen LogP contribution >= 0.6 is 11.3 Å². The van der Waals surface area contributed by atoms with Gasteiger partial charge in [0.25, 0.3) is 0 Å². The summed E-state index contributed by atoms with van der Waals surface area (Å²) in [7, 11) is 0. The highest BCUT2D eigenvalue weighted by Gasteiger charge is 2.30. The SMILES string of the molecule is FC(F)(F)c1cccc(-c2ccc(CN3CCc4nc(-c5ccncc5)ncc4C3)s2)c1. The van der Waals surface area contributed by atoms with Crippen molar-refractivity contribution in [1.82, 2.24) is 19.9 Å². The summed E-state index contributed by atoms with van der Waals surface area (Å²) in [4.78, 5) is 17.6. The number of hydrogen-bond acceptors (Lipinski definition) is 5. The summed E-state index contributed by atoms with van der Waals surface area (Å²) in [6.07, 6.45) is 1.86. The second kappa shape index (κ2) is 8.44. The Bertz CT molecular complexity index is 1240. The molecule has 0 N–H and O–H groups in total. The van der Waals surface area contributed by atoms with Crippen LogP contribution in [-0.2, 0) is 25.7 Å². The average Bonchev–Trinajstić information content (AvgIpc) is 3.27. The van der Waals surface area contributed by atoms with E-state index in [1.165, 1.54) is 23.5 Å². The van der Waals surface area contributed by atoms with Gasteiger partial charge in [0.15, 0.2) is 5.82 Å². The predicted molar refractivity (Wildman–Crippen MR) is 118 cm³/mol. The molecule has 5 rings (SSSR count). The van der Waals surface area contributed by atoms with Crippen LogP contribution in [0.4, 0.5) is 13.2 Å². The van der Waals surface area contributed by atoms with Gasteiger partial charge in [-0.15, -0.1) is 11.3 Å². The monoisotopic (exact) mass is 452 g/mol. The number of nitrogens with zero attached hydrogens (tertiary/aromatic N) is 4. The lowest BCUT2D eigenvalue weighted by molar-refractivity contribution is -0.137. The molecular weight excluding hydrogens is 433 g/mol. The van der Waals surface area contributed by atoms with E-state index >= 15 is 0 Å². The zero-order chi connectivity index (χ0) is 22.1. The van der Waals surface area contributed by atoms with E-state index in [2.05, 4.69) is 14.9 Å². The third kappa shape index (κ3) is 4.42. The van der Waals surface area contributed by atoms with Gasteiger partial charge in [-0.1, -0.05) is 12.1 Å². The highest BCUT2D eigenvalue weighted by atomic mass is 32.1. The molecule has 162 valence electrons. The highest BCUT2D eigenvalue weighted by molar-refractivity contribution is 7.15. The number of thiophene rings is 1. The molecule has 1 aliphatic rings. The number of aromatic nitrogens is 3. The van der Waals surface area contributed by atoms with Crippen molar-refractivity contribution in [3.05, 3.63) is 88.8 Å². The number of alkyl halides is 3. The highest BCUT2D eigenvalue weighted by Crippen LogP contribution is 2.35. The van der Waals surface area contributed by atoms with Crippen molar-refractivity contribution in [2.24, 2.45) is 0 Å². The molecule has 3 aromatic heterocycles. The molecule has 4 aromatic rings. The second-order valence-electron chi connectivity index (χ2n) is 7.71. The molecule has 1 aromatic carbocycles. The van der Waals surface area contributed by atoms with Crippen molar-refractivity contribution in [3.63, 3.8) is 0 Å². The quantitative estimate of drug-likeness (QED) is 0.390. The van der Waals surface area contributed by atoms with Crippen molar-refractivity contribution in [1.29, 1.82) is 0 Å². The van der Waals surface area contributed by atoms with Gasteiger partial charge in [0.2, 0.25) is 0 Å². The summed E-state index contributed by atoms with van der Waals surface area (Å²) in [5, 5.41) is 0. The standard InChI is InChI=1S/C24H19F3N4S/c25-24(26,27)19-3-1-2-17(12-19)22-5-4-20(32-22)15-31-11-8-21-18(14-31)13-29-23(30-21)16-6-9-28-10-7-16/h1-7,9-10,12-13H,8,11,14-15H2. The first-order chi connectivity index (χ1) is 15.5. The number of halogens is 3. The molecule has 0 spiro atoms. The van der Waals surface area contributed by atoms with E-state index in [-0.39, 0.29) is 0 Å². The summed E-state index contributed by atoms with van der Waals surface area (Å²) in [5.74, 6) is 0.712. The third-order valence-corrected chi connectivity index (χ3v) is 6.59. The molecule has 0 bridgehead atoms. The lowest BCUT2D eigenvalue weighted by Crippen LogP contribution is -2.30. The molecule has 0 amide bonds. The van der Waals surface area contributed by atoms with Crippen LogP contribution in [0.15, 0.2) is 67.1 Å². The van der Waals surface area contributed by atoms with Gasteiger partial charge in [-0.25, -0.2) is 9.97 Å². The zero-order valence-corrected chi connectivity index (χ0v) is 17.8. The molecule has 32 heavy (non-hydrogen) atoms. The molecule has 0 unspecified atom stereocenters. The predicted octanol–water partition coefficient (Wildman–Crippen LogP) is 5.84. The lowest BCUT2D eigenvalue weighted by atomic mass is 10.1. The van der Waals surface area contributed by atoms with Gasteiger partial charge >= 0.3 is 6.18 Å². The van der Waals surface area contributed by atoms with E-state index in [0.29, 0.717) is 11.4 Å². The van der Waals surface area contributed by atoms with Crippen molar-refractivity contribution in [3.8, 4) is 21.8 Å². The van der Waals surface area contributed by atoms with Gasteiger partial charge in [-0.3, -0.25) is 9.88 Å². The van der Waals surface area contributed by atoms with Crippen molar-refractivity contribution >= 4 is 11.3 Å². The summed E-state index contributed by atoms with van der Waals surface area (Å²) in [6, 6.07) is 13.2. The second-order valence-corrected chi connectivity index (χ2v) is 8.87. The Labute approximate surface area is 187 Å². The van der Waals surface area contributed by atoms with Gasteiger partial charge in [0.1, 0.15) is 0 Å². The lowest BCUT2D eigenvalue weighted by Gasteiger charge is -2.27. The fourth-order valence-electron chi connectivity index (χ4n) is 3.84. The largest absolute Gasteiger partial charge is 0.416 e. The summed E-state index contributed by atoms with van der Waals surface area (Å²) in [5.41, 5.74) is 3.11. The minimum atomic E-state index is -4.34. The van der Waals surface area contributed by atoms with Crippen molar-refractivity contribution < 1.29 is 13.2 Å². The van der Waals surface area contributed by atoms with E-state index < -0.39 is 11.7 Å². The number of benzene rings is 1. The Kier molecular flexibility index (Phi) is 5.48. The molecule has 0 saturated heterocycles. The summed E-state index contributed by atoms with van der Waals surface area (Å²) >= 11 is 1.53. The van der Waals surface area contributed by atoms with E-state index in [9.17, 15) is 13.2 Å². The maximum atomic E-state index is 13.0. The van der Waals surface area contributed by atoms with Crippen LogP contribution in [0, 0.1) is 0 Å². The fourth-order valence-corrected chi connectivity index (χ4v) is 4.88. The first-order valence-electron chi connectivity index (χ1n) is 10.2. The van der Waals surface area contributed by atoms with Gasteiger partial charge in [0.05, 0.1) is 11.3 Å². The van der Waals surface area contributed by atoms with Crippen molar-refractivity contribution in [2.75, 3.05) is 6.54 Å². The number of rotatable bonds is 4. The molecule has 4 heterocycles. The Hall–Kier alpha value is -3.10. The van der Waals surface area contributed by atoms with Gasteiger partial charge < -0.3 is 0 Å². The summed E-state index contributed by atoms with van der Waals surface area (Å²) in [6.45, 7) is 2.37.